The van der Waals surface area contributed by atoms with Crippen molar-refractivity contribution < 1.29 is 28.2 Å². The predicted molar refractivity (Wildman–Crippen MR) is 135 cm³/mol. The number of rotatable bonds is 11. The Morgan fingerprint density at radius 1 is 1.17 bits per heavy atom. The molecule has 9 nitrogen and oxygen atoms in total. The van der Waals surface area contributed by atoms with Crippen LogP contribution in [0.25, 0.3) is 10.9 Å². The molecule has 4 rings (SSSR count). The largest absolute Gasteiger partial charge is 0.490 e. The van der Waals surface area contributed by atoms with Gasteiger partial charge in [0.1, 0.15) is 29.3 Å². The summed E-state index contributed by atoms with van der Waals surface area (Å²) in [4.78, 5) is 32.6. The average molecular weight is 496 g/mol. The molecule has 1 aliphatic heterocycles. The highest BCUT2D eigenvalue weighted by Gasteiger charge is 2.25. The molecule has 1 amide bonds. The Hall–Kier alpha value is -3.43. The van der Waals surface area contributed by atoms with Crippen molar-refractivity contribution in [2.75, 3.05) is 40.0 Å². The van der Waals surface area contributed by atoms with Crippen LogP contribution >= 0.6 is 0 Å². The number of para-hydroxylation sites is 1. The van der Waals surface area contributed by atoms with Gasteiger partial charge >= 0.3 is 0 Å². The quantitative estimate of drug-likeness (QED) is 0.317. The van der Waals surface area contributed by atoms with E-state index in [1.54, 1.807) is 37.4 Å². The second-order valence-electron chi connectivity index (χ2n) is 9.09. The Morgan fingerprint density at radius 3 is 2.78 bits per heavy atom. The Bertz CT molecular complexity index is 1180. The first kappa shape index (κ1) is 25.7. The number of nitrogens with zero attached hydrogens (tertiary/aromatic N) is 2. The van der Waals surface area contributed by atoms with Crippen molar-refractivity contribution in [1.82, 2.24) is 15.2 Å². The first-order chi connectivity index (χ1) is 17.5. The molecule has 192 valence electrons. The van der Waals surface area contributed by atoms with Crippen LogP contribution < -0.4 is 14.8 Å². The average Bonchev–Trinajstić information content (AvgIpc) is 3.42. The van der Waals surface area contributed by atoms with Crippen molar-refractivity contribution in [3.05, 3.63) is 54.1 Å². The summed E-state index contributed by atoms with van der Waals surface area (Å²) >= 11 is 0. The topological polar surface area (TPSA) is 103 Å². The Morgan fingerprint density at radius 2 is 2.03 bits per heavy atom. The molecule has 1 saturated heterocycles. The van der Waals surface area contributed by atoms with E-state index >= 15 is 0 Å². The van der Waals surface area contributed by atoms with Gasteiger partial charge in [0.15, 0.2) is 12.4 Å². The standard InChI is InChI=1S/C27H33N3O6/c1-18(2)30-11-5-7-19(16-30)28-27(32)21-15-25(35-14-13-33-3)20-8-4-9-24(26(20)29-21)36-17-22(31)23-10-6-12-34-23/h4,6,8-10,12,15,18-19H,5,7,11,13-14,16-17H2,1-3H3,(H,28,32)/t19-/m1/s1. The molecule has 1 aliphatic rings. The number of nitrogens with one attached hydrogen (secondary N) is 1. The summed E-state index contributed by atoms with van der Waals surface area (Å²) in [5.41, 5.74) is 0.669. The molecule has 3 aromatic rings. The zero-order valence-electron chi connectivity index (χ0n) is 21.0. The lowest BCUT2D eigenvalue weighted by atomic mass is 10.0. The van der Waals surface area contributed by atoms with Crippen LogP contribution in [-0.4, -0.2) is 73.7 Å². The van der Waals surface area contributed by atoms with E-state index in [0.29, 0.717) is 41.7 Å². The number of hydrogen-bond acceptors (Lipinski definition) is 8. The first-order valence-electron chi connectivity index (χ1n) is 12.3. The summed E-state index contributed by atoms with van der Waals surface area (Å²) in [6.07, 6.45) is 3.39. The molecule has 1 fully saturated rings. The minimum atomic E-state index is -0.297. The Labute approximate surface area is 210 Å². The van der Waals surface area contributed by atoms with Gasteiger partial charge < -0.3 is 23.9 Å². The maximum absolute atomic E-state index is 13.3. The van der Waals surface area contributed by atoms with E-state index in [0.717, 1.165) is 25.9 Å². The second kappa shape index (κ2) is 12.0. The maximum atomic E-state index is 13.3. The summed E-state index contributed by atoms with van der Waals surface area (Å²) in [6, 6.07) is 10.7. The molecule has 0 unspecified atom stereocenters. The number of amides is 1. The third-order valence-corrected chi connectivity index (χ3v) is 6.22. The van der Waals surface area contributed by atoms with Crippen LogP contribution in [0.4, 0.5) is 0 Å². The molecule has 3 heterocycles. The molecule has 0 aliphatic carbocycles. The summed E-state index contributed by atoms with van der Waals surface area (Å²) in [5, 5.41) is 3.81. The summed E-state index contributed by atoms with van der Waals surface area (Å²) < 4.78 is 22.0. The molecule has 36 heavy (non-hydrogen) atoms. The molecular formula is C27H33N3O6. The van der Waals surface area contributed by atoms with Crippen LogP contribution in [0.2, 0.25) is 0 Å². The number of carbonyl (C=O) groups is 2. The Kier molecular flexibility index (Phi) is 8.56. The maximum Gasteiger partial charge on any atom is 0.270 e. The third kappa shape index (κ3) is 6.22. The number of benzene rings is 1. The van der Waals surface area contributed by atoms with Crippen LogP contribution in [0.1, 0.15) is 47.7 Å². The molecule has 2 aromatic heterocycles. The van der Waals surface area contributed by atoms with Crippen molar-refractivity contribution in [2.45, 2.75) is 38.8 Å². The molecule has 9 heteroatoms. The second-order valence-corrected chi connectivity index (χ2v) is 9.09. The van der Waals surface area contributed by atoms with Gasteiger partial charge in [-0.15, -0.1) is 0 Å². The highest BCUT2D eigenvalue weighted by atomic mass is 16.5. The van der Waals surface area contributed by atoms with Crippen LogP contribution in [0.3, 0.4) is 0 Å². The van der Waals surface area contributed by atoms with Crippen molar-refractivity contribution in [2.24, 2.45) is 0 Å². The van der Waals surface area contributed by atoms with E-state index in [2.05, 4.69) is 29.0 Å². The fraction of sp³-hybridized carbons (Fsp3) is 0.444. The minimum Gasteiger partial charge on any atom is -0.490 e. The number of pyridine rings is 1. The number of carbonyl (C=O) groups excluding carboxylic acids is 2. The molecule has 1 N–H and O–H groups in total. The first-order valence-corrected chi connectivity index (χ1v) is 12.3. The van der Waals surface area contributed by atoms with E-state index in [4.69, 9.17) is 18.6 Å². The number of aromatic nitrogens is 1. The molecule has 1 aromatic carbocycles. The summed E-state index contributed by atoms with van der Waals surface area (Å²) in [5.74, 6) is 0.523. The monoisotopic (exact) mass is 495 g/mol. The number of ether oxygens (including phenoxy) is 3. The van der Waals surface area contributed by atoms with E-state index in [1.165, 1.54) is 6.26 Å². The van der Waals surface area contributed by atoms with Crippen LogP contribution in [0, 0.1) is 0 Å². The van der Waals surface area contributed by atoms with Crippen molar-refractivity contribution in [1.29, 1.82) is 0 Å². The molecule has 1 atom stereocenters. The normalized spacial score (nSPS) is 16.3. The van der Waals surface area contributed by atoms with Gasteiger partial charge in [-0.25, -0.2) is 4.98 Å². The van der Waals surface area contributed by atoms with E-state index in [9.17, 15) is 9.59 Å². The molecule has 0 bridgehead atoms. The van der Waals surface area contributed by atoms with Gasteiger partial charge in [0.05, 0.1) is 12.9 Å². The van der Waals surface area contributed by atoms with E-state index in [1.807, 2.05) is 6.07 Å². The van der Waals surface area contributed by atoms with Gasteiger partial charge in [0.25, 0.3) is 5.91 Å². The van der Waals surface area contributed by atoms with Gasteiger partial charge in [-0.1, -0.05) is 6.07 Å². The molecular weight excluding hydrogens is 462 g/mol. The predicted octanol–water partition coefficient (Wildman–Crippen LogP) is 3.72. The summed E-state index contributed by atoms with van der Waals surface area (Å²) in [7, 11) is 1.60. The number of methoxy groups -OCH3 is 1. The zero-order valence-corrected chi connectivity index (χ0v) is 21.0. The number of ketones is 1. The van der Waals surface area contributed by atoms with Crippen molar-refractivity contribution >= 4 is 22.6 Å². The SMILES string of the molecule is COCCOc1cc(C(=O)N[C@@H]2CCCN(C(C)C)C2)nc2c(OCC(=O)c3ccco3)cccc12. The van der Waals surface area contributed by atoms with E-state index in [-0.39, 0.29) is 35.8 Å². The number of hydrogen-bond donors (Lipinski definition) is 1. The smallest absolute Gasteiger partial charge is 0.270 e. The van der Waals surface area contributed by atoms with Crippen LogP contribution in [0.5, 0.6) is 11.5 Å². The van der Waals surface area contributed by atoms with E-state index < -0.39 is 0 Å². The molecule has 0 spiro atoms. The zero-order chi connectivity index (χ0) is 25.5. The highest BCUT2D eigenvalue weighted by molar-refractivity contribution is 5.99. The lowest BCUT2D eigenvalue weighted by molar-refractivity contribution is 0.0877. The lowest BCUT2D eigenvalue weighted by Crippen LogP contribution is -2.49. The van der Waals surface area contributed by atoms with Gasteiger partial charge in [-0.3, -0.25) is 14.5 Å². The van der Waals surface area contributed by atoms with Gasteiger partial charge in [0, 0.05) is 37.2 Å². The summed E-state index contributed by atoms with van der Waals surface area (Å²) in [6.45, 7) is 6.65. The highest BCUT2D eigenvalue weighted by Crippen LogP contribution is 2.32. The molecule has 0 saturated carbocycles. The lowest BCUT2D eigenvalue weighted by Gasteiger charge is -2.35. The minimum absolute atomic E-state index is 0.0430. The number of fused-ring (bicyclic) bond motifs is 1. The number of likely N-dealkylation sites (tertiary alicyclic amines) is 1. The third-order valence-electron chi connectivity index (χ3n) is 6.22. The van der Waals surface area contributed by atoms with Gasteiger partial charge in [0.2, 0.25) is 5.78 Å². The number of piperidine rings is 1. The molecule has 0 radical (unpaired) electrons. The fourth-order valence-electron chi connectivity index (χ4n) is 4.28. The number of Topliss-reactive ketones (excluding diaryl/α,β-unsaturated/α-hetero) is 1. The van der Waals surface area contributed by atoms with Gasteiger partial charge in [-0.2, -0.15) is 0 Å². The fourth-order valence-corrected chi connectivity index (χ4v) is 4.28. The van der Waals surface area contributed by atoms with Crippen LogP contribution in [0.15, 0.2) is 47.1 Å². The van der Waals surface area contributed by atoms with Crippen LogP contribution in [-0.2, 0) is 4.74 Å². The number of furan rings is 1. The van der Waals surface area contributed by atoms with Crippen molar-refractivity contribution in [3.8, 4) is 11.5 Å². The van der Waals surface area contributed by atoms with Gasteiger partial charge in [-0.05, 0) is 57.5 Å². The van der Waals surface area contributed by atoms with Crippen molar-refractivity contribution in [3.63, 3.8) is 0 Å². The Balaban J connectivity index is 1.59.